The topological polar surface area (TPSA) is 33.1 Å². The number of aromatic nitrogens is 2. The van der Waals surface area contributed by atoms with Gasteiger partial charge in [-0.15, -0.1) is 0 Å². The Morgan fingerprint density at radius 2 is 2.05 bits per heavy atom. The minimum Gasteiger partial charge on any atom is -0.336 e. The zero-order chi connectivity index (χ0) is 13.9. The van der Waals surface area contributed by atoms with Gasteiger partial charge in [0.25, 0.3) is 0 Å². The summed E-state index contributed by atoms with van der Waals surface area (Å²) in [6, 6.07) is 8.40. The Balaban J connectivity index is 1.81. The molecule has 2 aliphatic heterocycles. The lowest BCUT2D eigenvalue weighted by atomic mass is 9.85. The summed E-state index contributed by atoms with van der Waals surface area (Å²) in [7, 11) is 2.13. The van der Waals surface area contributed by atoms with Crippen LogP contribution in [-0.4, -0.2) is 34.7 Å². The van der Waals surface area contributed by atoms with Crippen molar-refractivity contribution in [2.24, 2.45) is 18.9 Å². The maximum Gasteiger partial charge on any atom is 0.206 e. The fourth-order valence-electron chi connectivity index (χ4n) is 4.14. The molecule has 4 nitrogen and oxygen atoms in total. The molecular weight excluding hydrogens is 248 g/mol. The van der Waals surface area contributed by atoms with E-state index in [1.54, 1.807) is 0 Å². The molecule has 2 aromatic rings. The lowest BCUT2D eigenvalue weighted by molar-refractivity contribution is 0.354. The van der Waals surface area contributed by atoms with Crippen molar-refractivity contribution in [2.75, 3.05) is 24.5 Å². The first kappa shape index (κ1) is 12.2. The first-order valence-electron chi connectivity index (χ1n) is 7.49. The number of hydrogen-bond acceptors (Lipinski definition) is 3. The number of imidazole rings is 1. The molecule has 1 aromatic carbocycles. The van der Waals surface area contributed by atoms with E-state index in [2.05, 4.69) is 59.9 Å². The molecule has 2 aliphatic rings. The largest absolute Gasteiger partial charge is 0.336 e. The zero-order valence-electron chi connectivity index (χ0n) is 12.4. The molecule has 0 bridgehead atoms. The molecule has 1 N–H and O–H groups in total. The van der Waals surface area contributed by atoms with Gasteiger partial charge in [0.05, 0.1) is 11.0 Å². The normalized spacial score (nSPS) is 28.2. The number of anilines is 1. The van der Waals surface area contributed by atoms with E-state index >= 15 is 0 Å². The van der Waals surface area contributed by atoms with E-state index in [0.29, 0.717) is 0 Å². The molecule has 2 unspecified atom stereocenters. The van der Waals surface area contributed by atoms with E-state index < -0.39 is 0 Å². The highest BCUT2D eigenvalue weighted by molar-refractivity contribution is 5.79. The van der Waals surface area contributed by atoms with Gasteiger partial charge in [-0.05, 0) is 37.8 Å². The Bertz CT molecular complexity index is 658. The van der Waals surface area contributed by atoms with Crippen molar-refractivity contribution in [3.05, 3.63) is 24.3 Å². The number of para-hydroxylation sites is 2. The van der Waals surface area contributed by atoms with Gasteiger partial charge in [0.15, 0.2) is 0 Å². The number of nitrogens with zero attached hydrogens (tertiary/aromatic N) is 3. The van der Waals surface area contributed by atoms with Crippen LogP contribution < -0.4 is 10.2 Å². The Morgan fingerprint density at radius 3 is 2.80 bits per heavy atom. The zero-order valence-corrected chi connectivity index (χ0v) is 12.4. The molecular formula is C16H22N4. The summed E-state index contributed by atoms with van der Waals surface area (Å²) >= 11 is 0. The molecule has 2 atom stereocenters. The van der Waals surface area contributed by atoms with Crippen LogP contribution in [0, 0.1) is 11.8 Å². The molecule has 0 radical (unpaired) electrons. The SMILES string of the molecule is Cn1c(N2CC3CNCC3C2(C)C)nc2ccccc21. The van der Waals surface area contributed by atoms with Crippen molar-refractivity contribution in [2.45, 2.75) is 19.4 Å². The first-order valence-corrected chi connectivity index (χ1v) is 7.49. The third kappa shape index (κ3) is 1.48. The quantitative estimate of drug-likeness (QED) is 0.860. The van der Waals surface area contributed by atoms with Crippen molar-refractivity contribution < 1.29 is 0 Å². The molecule has 4 rings (SSSR count). The Hall–Kier alpha value is -1.55. The van der Waals surface area contributed by atoms with E-state index in [-0.39, 0.29) is 5.54 Å². The van der Waals surface area contributed by atoms with Gasteiger partial charge in [0.2, 0.25) is 5.95 Å². The number of hydrogen-bond donors (Lipinski definition) is 1. The summed E-state index contributed by atoms with van der Waals surface area (Å²) in [5, 5.41) is 3.54. The highest BCUT2D eigenvalue weighted by Gasteiger charge is 2.50. The van der Waals surface area contributed by atoms with Gasteiger partial charge in [-0.25, -0.2) is 4.98 Å². The summed E-state index contributed by atoms with van der Waals surface area (Å²) in [4.78, 5) is 7.40. The summed E-state index contributed by atoms with van der Waals surface area (Å²) < 4.78 is 2.24. The third-order valence-electron chi connectivity index (χ3n) is 5.36. The van der Waals surface area contributed by atoms with Crippen molar-refractivity contribution >= 4 is 17.0 Å². The third-order valence-corrected chi connectivity index (χ3v) is 5.36. The van der Waals surface area contributed by atoms with Gasteiger partial charge in [0, 0.05) is 32.2 Å². The predicted octanol–water partition coefficient (Wildman–Crippen LogP) is 2.01. The molecule has 2 saturated heterocycles. The molecule has 4 heteroatoms. The summed E-state index contributed by atoms with van der Waals surface area (Å²) in [6.07, 6.45) is 0. The first-order chi connectivity index (χ1) is 9.59. The van der Waals surface area contributed by atoms with Gasteiger partial charge in [0.1, 0.15) is 0 Å². The fourth-order valence-corrected chi connectivity index (χ4v) is 4.14. The van der Waals surface area contributed by atoms with E-state index in [4.69, 9.17) is 4.98 Å². The number of nitrogens with one attached hydrogen (secondary N) is 1. The number of fused-ring (bicyclic) bond motifs is 2. The average molecular weight is 270 g/mol. The predicted molar refractivity (Wildman–Crippen MR) is 82.0 cm³/mol. The van der Waals surface area contributed by atoms with Gasteiger partial charge in [-0.1, -0.05) is 12.1 Å². The van der Waals surface area contributed by atoms with Crippen LogP contribution in [0.4, 0.5) is 5.95 Å². The van der Waals surface area contributed by atoms with Crippen LogP contribution >= 0.6 is 0 Å². The second kappa shape index (κ2) is 3.98. The summed E-state index contributed by atoms with van der Waals surface area (Å²) in [5.41, 5.74) is 2.48. The Kier molecular flexibility index (Phi) is 2.43. The van der Waals surface area contributed by atoms with Gasteiger partial charge >= 0.3 is 0 Å². The molecule has 3 heterocycles. The molecule has 2 fully saturated rings. The highest BCUT2D eigenvalue weighted by Crippen LogP contribution is 2.43. The van der Waals surface area contributed by atoms with Crippen LogP contribution in [0.25, 0.3) is 11.0 Å². The highest BCUT2D eigenvalue weighted by atomic mass is 15.4. The van der Waals surface area contributed by atoms with Crippen molar-refractivity contribution in [1.29, 1.82) is 0 Å². The maximum atomic E-state index is 4.89. The standard InChI is InChI=1S/C16H22N4/c1-16(2)12-9-17-8-11(12)10-20(16)15-18-13-6-4-5-7-14(13)19(15)3/h4-7,11-12,17H,8-10H2,1-3H3. The number of rotatable bonds is 1. The van der Waals surface area contributed by atoms with E-state index in [0.717, 1.165) is 42.9 Å². The minimum atomic E-state index is 0.170. The van der Waals surface area contributed by atoms with E-state index in [1.165, 1.54) is 5.52 Å². The lowest BCUT2D eigenvalue weighted by Crippen LogP contribution is -2.45. The molecule has 0 aliphatic carbocycles. The van der Waals surface area contributed by atoms with E-state index in [9.17, 15) is 0 Å². The molecule has 20 heavy (non-hydrogen) atoms. The number of aryl methyl sites for hydroxylation is 1. The van der Waals surface area contributed by atoms with Gasteiger partial charge in [-0.2, -0.15) is 0 Å². The molecule has 0 spiro atoms. The summed E-state index contributed by atoms with van der Waals surface area (Å²) in [5.74, 6) is 2.60. The van der Waals surface area contributed by atoms with Crippen molar-refractivity contribution in [3.8, 4) is 0 Å². The maximum absolute atomic E-state index is 4.89. The molecule has 0 saturated carbocycles. The monoisotopic (exact) mass is 270 g/mol. The summed E-state index contributed by atoms with van der Waals surface area (Å²) in [6.45, 7) is 8.13. The van der Waals surface area contributed by atoms with Crippen LogP contribution in [0.2, 0.25) is 0 Å². The average Bonchev–Trinajstić information content (AvgIpc) is 3.07. The molecule has 0 amide bonds. The van der Waals surface area contributed by atoms with Gasteiger partial charge < -0.3 is 14.8 Å². The van der Waals surface area contributed by atoms with E-state index in [1.807, 2.05) is 0 Å². The fraction of sp³-hybridized carbons (Fsp3) is 0.562. The van der Waals surface area contributed by atoms with Crippen LogP contribution in [0.15, 0.2) is 24.3 Å². The van der Waals surface area contributed by atoms with Crippen LogP contribution in [0.3, 0.4) is 0 Å². The minimum absolute atomic E-state index is 0.170. The van der Waals surface area contributed by atoms with Crippen LogP contribution in [0.1, 0.15) is 13.8 Å². The number of benzene rings is 1. The lowest BCUT2D eigenvalue weighted by Gasteiger charge is -2.36. The molecule has 106 valence electrons. The Labute approximate surface area is 119 Å². The van der Waals surface area contributed by atoms with Crippen LogP contribution in [-0.2, 0) is 7.05 Å². The second-order valence-corrected chi connectivity index (χ2v) is 6.75. The van der Waals surface area contributed by atoms with Crippen LogP contribution in [0.5, 0.6) is 0 Å². The van der Waals surface area contributed by atoms with Crippen molar-refractivity contribution in [3.63, 3.8) is 0 Å². The molecule has 1 aromatic heterocycles. The smallest absolute Gasteiger partial charge is 0.206 e. The van der Waals surface area contributed by atoms with Gasteiger partial charge in [-0.3, -0.25) is 0 Å². The second-order valence-electron chi connectivity index (χ2n) is 6.75. The Morgan fingerprint density at radius 1 is 1.25 bits per heavy atom. The van der Waals surface area contributed by atoms with Crippen molar-refractivity contribution in [1.82, 2.24) is 14.9 Å².